The van der Waals surface area contributed by atoms with Gasteiger partial charge in [0.25, 0.3) is 10.1 Å². The van der Waals surface area contributed by atoms with Crippen molar-refractivity contribution in [3.8, 4) is 0 Å². The molecule has 0 N–H and O–H groups in total. The smallest absolute Gasteiger partial charge is 0.267 e. The van der Waals surface area contributed by atoms with Crippen LogP contribution in [0.5, 0.6) is 0 Å². The topological polar surface area (TPSA) is 60.4 Å². The quantitative estimate of drug-likeness (QED) is 0.0354. The average molecular weight is 604 g/mol. The molecule has 0 aromatic heterocycles. The summed E-state index contributed by atoms with van der Waals surface area (Å²) in [5.74, 6) is -0.137. The van der Waals surface area contributed by atoms with Gasteiger partial charge in [-0.2, -0.15) is 8.42 Å². The second kappa shape index (κ2) is 31.4. The summed E-state index contributed by atoms with van der Waals surface area (Å²) in [4.78, 5) is 11.9. The van der Waals surface area contributed by atoms with Crippen LogP contribution < -0.4 is 0 Å². The first-order chi connectivity index (χ1) is 17.9. The Labute approximate surface area is 285 Å². The largest absolute Gasteiger partial charge is 0.300 e. The molecule has 0 rings (SSSR count). The third-order valence-electron chi connectivity index (χ3n) is 7.24. The molecule has 4 nitrogen and oxygen atoms in total. The van der Waals surface area contributed by atoms with Crippen molar-refractivity contribution in [2.45, 2.75) is 180 Å². The maximum Gasteiger partial charge on any atom is 0.267 e. The van der Waals surface area contributed by atoms with Crippen LogP contribution in [-0.4, -0.2) is 83.3 Å². The second-order valence-electron chi connectivity index (χ2n) is 11.0. The van der Waals surface area contributed by atoms with E-state index in [1.165, 1.54) is 103 Å². The van der Waals surface area contributed by atoms with Gasteiger partial charge >= 0.3 is 0 Å². The predicted octanol–water partition coefficient (Wildman–Crippen LogP) is 9.92. The first-order valence-electron chi connectivity index (χ1n) is 15.9. The zero-order valence-corrected chi connectivity index (χ0v) is 30.3. The first-order valence-corrected chi connectivity index (χ1v) is 18.0. The molecule has 0 amide bonds. The Morgan fingerprint density at radius 2 is 1.00 bits per heavy atom. The number of carbonyl (C=O) groups excluding carboxylic acids is 1. The van der Waals surface area contributed by atoms with Gasteiger partial charge in [-0.25, -0.2) is 0 Å². The third kappa shape index (κ3) is 32.0. The number of Topliss-reactive ketones (excluding diaryl/α,β-unsaturated/α-hetero) is 1. The van der Waals surface area contributed by atoms with Crippen LogP contribution in [0.2, 0.25) is 0 Å². The van der Waals surface area contributed by atoms with Gasteiger partial charge in [0.1, 0.15) is 5.78 Å². The van der Waals surface area contributed by atoms with E-state index >= 15 is 0 Å². The molecule has 38 heavy (non-hydrogen) atoms. The summed E-state index contributed by atoms with van der Waals surface area (Å²) in [6, 6.07) is 0. The number of ketones is 1. The average Bonchev–Trinajstić information content (AvgIpc) is 2.87. The SMILES string of the molecule is CCCCCCCCCC(Cl)CCCCCCCCCCOS(=O)(=O)CCC(=O)CCCCCCCC.[K]. The van der Waals surface area contributed by atoms with Crippen molar-refractivity contribution in [3.05, 3.63) is 0 Å². The fraction of sp³-hybridized carbons (Fsp3) is 0.968. The van der Waals surface area contributed by atoms with Crippen LogP contribution in [0.15, 0.2) is 0 Å². The number of rotatable bonds is 30. The molecule has 223 valence electrons. The zero-order valence-electron chi connectivity index (χ0n) is 25.6. The van der Waals surface area contributed by atoms with Crippen LogP contribution in [-0.2, 0) is 19.1 Å². The monoisotopic (exact) mass is 603 g/mol. The molecule has 1 radical (unpaired) electrons. The summed E-state index contributed by atoms with van der Waals surface area (Å²) in [5, 5.41) is 0.352. The third-order valence-corrected chi connectivity index (χ3v) is 8.90. The fourth-order valence-corrected chi connectivity index (χ4v) is 5.98. The molecule has 0 aliphatic rings. The Kier molecular flexibility index (Phi) is 34.5. The number of carbonyl (C=O) groups is 1. The summed E-state index contributed by atoms with van der Waals surface area (Å²) in [6.07, 6.45) is 28.2. The van der Waals surface area contributed by atoms with Crippen LogP contribution in [0.1, 0.15) is 174 Å². The van der Waals surface area contributed by atoms with Gasteiger partial charge in [0, 0.05) is 69.6 Å². The van der Waals surface area contributed by atoms with E-state index in [1.807, 2.05) is 0 Å². The minimum atomic E-state index is -3.58. The number of hydrogen-bond donors (Lipinski definition) is 0. The van der Waals surface area contributed by atoms with Crippen LogP contribution in [0.4, 0.5) is 0 Å². The number of alkyl halides is 1. The summed E-state index contributed by atoms with van der Waals surface area (Å²) in [6.45, 7) is 4.69. The van der Waals surface area contributed by atoms with Crippen molar-refractivity contribution in [2.75, 3.05) is 12.4 Å². The minimum absolute atomic E-state index is 0. The van der Waals surface area contributed by atoms with Crippen molar-refractivity contribution in [2.24, 2.45) is 0 Å². The molecule has 0 fully saturated rings. The molecular formula is C31H61ClKO4S. The van der Waals surface area contributed by atoms with E-state index < -0.39 is 10.1 Å². The van der Waals surface area contributed by atoms with E-state index in [-0.39, 0.29) is 75.9 Å². The summed E-state index contributed by atoms with van der Waals surface area (Å²) >= 11 is 6.49. The van der Waals surface area contributed by atoms with Gasteiger partial charge in [0.15, 0.2) is 0 Å². The molecule has 0 aromatic rings. The molecule has 1 atom stereocenters. The van der Waals surface area contributed by atoms with Gasteiger partial charge < -0.3 is 0 Å². The van der Waals surface area contributed by atoms with E-state index in [9.17, 15) is 13.2 Å². The van der Waals surface area contributed by atoms with Gasteiger partial charge in [0.2, 0.25) is 0 Å². The number of hydrogen-bond acceptors (Lipinski definition) is 4. The Bertz CT molecular complexity index is 601. The van der Waals surface area contributed by atoms with Crippen molar-refractivity contribution < 1.29 is 17.4 Å². The normalized spacial score (nSPS) is 12.4. The molecule has 0 aliphatic heterocycles. The molecule has 0 heterocycles. The van der Waals surface area contributed by atoms with E-state index in [2.05, 4.69) is 13.8 Å². The van der Waals surface area contributed by atoms with Gasteiger partial charge in [0.05, 0.1) is 12.4 Å². The van der Waals surface area contributed by atoms with E-state index in [4.69, 9.17) is 15.8 Å². The van der Waals surface area contributed by atoms with E-state index in [1.54, 1.807) is 0 Å². The molecule has 0 aliphatic carbocycles. The van der Waals surface area contributed by atoms with Gasteiger partial charge in [-0.15, -0.1) is 11.6 Å². The van der Waals surface area contributed by atoms with Crippen molar-refractivity contribution in [1.29, 1.82) is 0 Å². The summed E-state index contributed by atoms with van der Waals surface area (Å²) < 4.78 is 29.1. The zero-order chi connectivity index (χ0) is 27.5. The molecule has 0 saturated heterocycles. The van der Waals surface area contributed by atoms with Crippen molar-refractivity contribution in [1.82, 2.24) is 0 Å². The van der Waals surface area contributed by atoms with Gasteiger partial charge in [-0.1, -0.05) is 136 Å². The maximum absolute atomic E-state index is 12.0. The van der Waals surface area contributed by atoms with E-state index in [0.717, 1.165) is 44.9 Å². The molecule has 1 unspecified atom stereocenters. The summed E-state index contributed by atoms with van der Waals surface area (Å²) in [5.41, 5.74) is 0. The number of unbranched alkanes of at least 4 members (excludes halogenated alkanes) is 18. The Morgan fingerprint density at radius 1 is 0.605 bits per heavy atom. The standard InChI is InChI=1S/C31H61ClO4S.K/c1-3-5-7-9-13-16-20-24-30(32)25-21-17-14-11-12-15-19-23-28-36-37(34,35)29-27-31(33)26-22-18-10-8-6-4-2;/h30H,3-29H2,1-2H3;. The Morgan fingerprint density at radius 3 is 1.47 bits per heavy atom. The maximum atomic E-state index is 12.0. The second-order valence-corrected chi connectivity index (χ2v) is 13.4. The molecule has 0 saturated carbocycles. The fourth-order valence-electron chi connectivity index (χ4n) is 4.71. The Balaban J connectivity index is 0. The first kappa shape index (κ1) is 41.6. The molecule has 7 heteroatoms. The molecule has 0 bridgehead atoms. The van der Waals surface area contributed by atoms with Crippen molar-refractivity contribution in [3.63, 3.8) is 0 Å². The van der Waals surface area contributed by atoms with Gasteiger partial charge in [-0.3, -0.25) is 8.98 Å². The minimum Gasteiger partial charge on any atom is -0.300 e. The van der Waals surface area contributed by atoms with Crippen LogP contribution >= 0.6 is 11.6 Å². The van der Waals surface area contributed by atoms with Crippen LogP contribution in [0.3, 0.4) is 0 Å². The summed E-state index contributed by atoms with van der Waals surface area (Å²) in [7, 11) is -3.58. The molecular weight excluding hydrogens is 543 g/mol. The van der Waals surface area contributed by atoms with E-state index in [0.29, 0.717) is 11.8 Å². The van der Waals surface area contributed by atoms with Crippen LogP contribution in [0.25, 0.3) is 0 Å². The van der Waals surface area contributed by atoms with Crippen LogP contribution in [0, 0.1) is 0 Å². The Hall–Kier alpha value is 1.51. The predicted molar refractivity (Wildman–Crippen MR) is 167 cm³/mol. The van der Waals surface area contributed by atoms with Gasteiger partial charge in [-0.05, 0) is 25.7 Å². The molecule has 0 spiro atoms. The number of halogens is 1. The molecule has 0 aromatic carbocycles. The van der Waals surface area contributed by atoms with Crippen molar-refractivity contribution >= 4 is 78.9 Å².